The van der Waals surface area contributed by atoms with E-state index >= 15 is 0 Å². The van der Waals surface area contributed by atoms with Gasteiger partial charge in [-0.3, -0.25) is 4.79 Å². The summed E-state index contributed by atoms with van der Waals surface area (Å²) in [6.45, 7) is 4.00. The van der Waals surface area contributed by atoms with Crippen LogP contribution in [0.5, 0.6) is 5.75 Å². The second kappa shape index (κ2) is 8.26. The molecule has 4 nitrogen and oxygen atoms in total. The minimum absolute atomic E-state index is 0.311. The van der Waals surface area contributed by atoms with Gasteiger partial charge in [0.15, 0.2) is 11.6 Å². The number of thiazole rings is 1. The standard InChI is InChI=1S/C20H18F2N2O2S/c1-12(15-5-8-18(21)19(22)9-15)23-20(25)14-3-6-17(7-4-14)26-10-16-11-27-13(2)24-16/h3-9,11-12H,10H2,1-2H3,(H,23,25). The summed E-state index contributed by atoms with van der Waals surface area (Å²) in [5.41, 5.74) is 1.79. The molecule has 0 spiro atoms. The number of carbonyl (C=O) groups is 1. The maximum Gasteiger partial charge on any atom is 0.251 e. The third-order valence-corrected chi connectivity index (χ3v) is 4.78. The Hall–Kier alpha value is -2.80. The van der Waals surface area contributed by atoms with E-state index in [9.17, 15) is 13.6 Å². The molecule has 0 radical (unpaired) electrons. The van der Waals surface area contributed by atoms with Crippen molar-refractivity contribution < 1.29 is 18.3 Å². The van der Waals surface area contributed by atoms with Crippen LogP contribution in [0.15, 0.2) is 47.8 Å². The van der Waals surface area contributed by atoms with Crippen molar-refractivity contribution in [2.24, 2.45) is 0 Å². The largest absolute Gasteiger partial charge is 0.487 e. The summed E-state index contributed by atoms with van der Waals surface area (Å²) in [6.07, 6.45) is 0. The molecular weight excluding hydrogens is 370 g/mol. The van der Waals surface area contributed by atoms with Crippen molar-refractivity contribution in [1.29, 1.82) is 0 Å². The zero-order valence-corrected chi connectivity index (χ0v) is 15.6. The lowest BCUT2D eigenvalue weighted by molar-refractivity contribution is 0.0939. The topological polar surface area (TPSA) is 51.2 Å². The Morgan fingerprint density at radius 3 is 2.56 bits per heavy atom. The predicted molar refractivity (Wildman–Crippen MR) is 99.9 cm³/mol. The molecular formula is C20H18F2N2O2S. The number of benzene rings is 2. The van der Waals surface area contributed by atoms with E-state index in [2.05, 4.69) is 10.3 Å². The quantitative estimate of drug-likeness (QED) is 0.660. The van der Waals surface area contributed by atoms with Crippen molar-refractivity contribution in [2.45, 2.75) is 26.5 Å². The number of carbonyl (C=O) groups excluding carboxylic acids is 1. The first kappa shape index (κ1) is 19.0. The molecule has 2 aromatic carbocycles. The fourth-order valence-corrected chi connectivity index (χ4v) is 3.08. The Balaban J connectivity index is 1.58. The van der Waals surface area contributed by atoms with E-state index in [1.54, 1.807) is 42.5 Å². The van der Waals surface area contributed by atoms with E-state index in [0.29, 0.717) is 23.5 Å². The molecule has 1 heterocycles. The van der Waals surface area contributed by atoms with Crippen molar-refractivity contribution in [3.63, 3.8) is 0 Å². The van der Waals surface area contributed by atoms with E-state index in [0.717, 1.165) is 22.8 Å². The van der Waals surface area contributed by atoms with E-state index < -0.39 is 17.7 Å². The van der Waals surface area contributed by atoms with E-state index in [1.807, 2.05) is 12.3 Å². The van der Waals surface area contributed by atoms with Gasteiger partial charge < -0.3 is 10.1 Å². The van der Waals surface area contributed by atoms with Crippen LogP contribution in [0.3, 0.4) is 0 Å². The predicted octanol–water partition coefficient (Wildman–Crippen LogP) is 4.80. The van der Waals surface area contributed by atoms with Gasteiger partial charge in [0.1, 0.15) is 12.4 Å². The van der Waals surface area contributed by atoms with Gasteiger partial charge in [0.05, 0.1) is 16.7 Å². The number of hydrogen-bond acceptors (Lipinski definition) is 4. The SMILES string of the molecule is Cc1nc(COc2ccc(C(=O)NC(C)c3ccc(F)c(F)c3)cc2)cs1. The average Bonchev–Trinajstić information content (AvgIpc) is 3.08. The normalized spacial score (nSPS) is 11.9. The number of amides is 1. The van der Waals surface area contributed by atoms with Crippen LogP contribution in [0, 0.1) is 18.6 Å². The number of halogens is 2. The molecule has 3 aromatic rings. The lowest BCUT2D eigenvalue weighted by Gasteiger charge is -2.15. The lowest BCUT2D eigenvalue weighted by atomic mass is 10.1. The molecule has 1 atom stereocenters. The molecule has 1 amide bonds. The molecule has 3 rings (SSSR count). The number of nitrogens with zero attached hydrogens (tertiary/aromatic N) is 1. The summed E-state index contributed by atoms with van der Waals surface area (Å²) in [7, 11) is 0. The molecule has 140 valence electrons. The smallest absolute Gasteiger partial charge is 0.251 e. The molecule has 0 aliphatic rings. The highest BCUT2D eigenvalue weighted by Gasteiger charge is 2.13. The van der Waals surface area contributed by atoms with Gasteiger partial charge in [-0.05, 0) is 55.8 Å². The molecule has 1 N–H and O–H groups in total. The first-order chi connectivity index (χ1) is 12.9. The van der Waals surface area contributed by atoms with E-state index in [1.165, 1.54) is 6.07 Å². The van der Waals surface area contributed by atoms with Crippen LogP contribution in [-0.2, 0) is 6.61 Å². The summed E-state index contributed by atoms with van der Waals surface area (Å²) in [4.78, 5) is 16.7. The van der Waals surface area contributed by atoms with Crippen molar-refractivity contribution in [3.05, 3.63) is 81.3 Å². The first-order valence-electron chi connectivity index (χ1n) is 8.32. The van der Waals surface area contributed by atoms with Crippen LogP contribution in [-0.4, -0.2) is 10.9 Å². The number of aromatic nitrogens is 1. The van der Waals surface area contributed by atoms with Crippen molar-refractivity contribution in [3.8, 4) is 5.75 Å². The van der Waals surface area contributed by atoms with Gasteiger partial charge in [-0.25, -0.2) is 13.8 Å². The minimum Gasteiger partial charge on any atom is -0.487 e. The summed E-state index contributed by atoms with van der Waals surface area (Å²) in [6, 6.07) is 9.81. The van der Waals surface area contributed by atoms with E-state index in [-0.39, 0.29) is 5.91 Å². The third kappa shape index (κ3) is 4.89. The summed E-state index contributed by atoms with van der Waals surface area (Å²) in [5, 5.41) is 5.69. The van der Waals surface area contributed by atoms with Gasteiger partial charge in [-0.1, -0.05) is 6.07 Å². The Morgan fingerprint density at radius 1 is 1.19 bits per heavy atom. The number of rotatable bonds is 6. The van der Waals surface area contributed by atoms with Gasteiger partial charge in [-0.2, -0.15) is 0 Å². The highest BCUT2D eigenvalue weighted by atomic mass is 32.1. The van der Waals surface area contributed by atoms with Crippen molar-refractivity contribution in [2.75, 3.05) is 0 Å². The number of ether oxygens (including phenoxy) is 1. The maximum absolute atomic E-state index is 13.3. The van der Waals surface area contributed by atoms with Gasteiger partial charge in [0.25, 0.3) is 5.91 Å². The molecule has 1 aromatic heterocycles. The van der Waals surface area contributed by atoms with Gasteiger partial charge >= 0.3 is 0 Å². The highest BCUT2D eigenvalue weighted by molar-refractivity contribution is 7.09. The zero-order chi connectivity index (χ0) is 19.4. The zero-order valence-electron chi connectivity index (χ0n) is 14.8. The Morgan fingerprint density at radius 2 is 1.93 bits per heavy atom. The van der Waals surface area contributed by atoms with Crippen LogP contribution in [0.25, 0.3) is 0 Å². The highest BCUT2D eigenvalue weighted by Crippen LogP contribution is 2.18. The first-order valence-corrected chi connectivity index (χ1v) is 9.20. The number of nitrogens with one attached hydrogen (secondary N) is 1. The minimum atomic E-state index is -0.939. The maximum atomic E-state index is 13.3. The molecule has 0 fully saturated rings. The third-order valence-electron chi connectivity index (χ3n) is 3.96. The molecule has 0 aliphatic carbocycles. The number of aryl methyl sites for hydroxylation is 1. The molecule has 7 heteroatoms. The van der Waals surface area contributed by atoms with Crippen molar-refractivity contribution >= 4 is 17.2 Å². The molecule has 0 saturated heterocycles. The fraction of sp³-hybridized carbons (Fsp3) is 0.200. The Labute approximate surface area is 159 Å². The van der Waals surface area contributed by atoms with Crippen molar-refractivity contribution in [1.82, 2.24) is 10.3 Å². The monoisotopic (exact) mass is 388 g/mol. The van der Waals surface area contributed by atoms with Crippen LogP contribution < -0.4 is 10.1 Å². The van der Waals surface area contributed by atoms with Crippen LogP contribution in [0.1, 0.15) is 39.6 Å². The molecule has 27 heavy (non-hydrogen) atoms. The second-order valence-electron chi connectivity index (χ2n) is 6.04. The Bertz CT molecular complexity index is 941. The number of hydrogen-bond donors (Lipinski definition) is 1. The van der Waals surface area contributed by atoms with Gasteiger partial charge in [0.2, 0.25) is 0 Å². The summed E-state index contributed by atoms with van der Waals surface area (Å²) in [5.74, 6) is -1.54. The summed E-state index contributed by atoms with van der Waals surface area (Å²) < 4.78 is 32.0. The molecule has 0 aliphatic heterocycles. The lowest BCUT2D eigenvalue weighted by Crippen LogP contribution is -2.26. The summed E-state index contributed by atoms with van der Waals surface area (Å²) >= 11 is 1.56. The molecule has 1 unspecified atom stereocenters. The van der Waals surface area contributed by atoms with E-state index in [4.69, 9.17) is 4.74 Å². The van der Waals surface area contributed by atoms with Gasteiger partial charge in [-0.15, -0.1) is 11.3 Å². The molecule has 0 saturated carbocycles. The van der Waals surface area contributed by atoms with Gasteiger partial charge in [0, 0.05) is 10.9 Å². The molecule has 0 bridgehead atoms. The van der Waals surface area contributed by atoms with Crippen LogP contribution in [0.2, 0.25) is 0 Å². The average molecular weight is 388 g/mol. The fourth-order valence-electron chi connectivity index (χ4n) is 2.48. The van der Waals surface area contributed by atoms with Crippen LogP contribution in [0.4, 0.5) is 8.78 Å². The second-order valence-corrected chi connectivity index (χ2v) is 7.10. The Kier molecular flexibility index (Phi) is 5.81. The van der Waals surface area contributed by atoms with Crippen LogP contribution >= 0.6 is 11.3 Å².